The molecule has 1 aromatic heterocycles. The van der Waals surface area contributed by atoms with E-state index in [1.165, 1.54) is 17.5 Å². The quantitative estimate of drug-likeness (QED) is 0.781. The summed E-state index contributed by atoms with van der Waals surface area (Å²) >= 11 is 1.24. The monoisotopic (exact) mass is 222 g/mol. The van der Waals surface area contributed by atoms with Gasteiger partial charge in [-0.05, 0) is 12.5 Å². The molecule has 1 unspecified atom stereocenters. The first kappa shape index (κ1) is 10.1. The second kappa shape index (κ2) is 3.96. The number of hydrogen-bond acceptors (Lipinski definition) is 5. The molecule has 0 aromatic carbocycles. The van der Waals surface area contributed by atoms with Crippen molar-refractivity contribution in [3.63, 3.8) is 0 Å². The van der Waals surface area contributed by atoms with Crippen LogP contribution in [0.5, 0.6) is 0 Å². The van der Waals surface area contributed by atoms with E-state index in [4.69, 9.17) is 11.0 Å². The van der Waals surface area contributed by atoms with Crippen LogP contribution in [0.15, 0.2) is 6.20 Å². The van der Waals surface area contributed by atoms with Crippen LogP contribution < -0.4 is 10.6 Å². The Morgan fingerprint density at radius 1 is 1.80 bits per heavy atom. The Bertz CT molecular complexity index is 422. The lowest BCUT2D eigenvalue weighted by atomic mass is 10.1. The van der Waals surface area contributed by atoms with E-state index in [9.17, 15) is 4.79 Å². The van der Waals surface area contributed by atoms with Gasteiger partial charge in [0.1, 0.15) is 10.9 Å². The molecule has 2 heterocycles. The zero-order valence-corrected chi connectivity index (χ0v) is 8.83. The molecule has 1 amide bonds. The van der Waals surface area contributed by atoms with E-state index in [-0.39, 0.29) is 11.8 Å². The Morgan fingerprint density at radius 3 is 3.13 bits per heavy atom. The van der Waals surface area contributed by atoms with Gasteiger partial charge in [-0.2, -0.15) is 5.26 Å². The lowest BCUT2D eigenvalue weighted by Crippen LogP contribution is -2.25. The van der Waals surface area contributed by atoms with Crippen molar-refractivity contribution in [2.75, 3.05) is 18.0 Å². The zero-order chi connectivity index (χ0) is 10.8. The van der Waals surface area contributed by atoms with Gasteiger partial charge in [-0.1, -0.05) is 11.3 Å². The molecule has 1 atom stereocenters. The summed E-state index contributed by atoms with van der Waals surface area (Å²) in [5.74, 6) is 0.260. The van der Waals surface area contributed by atoms with Crippen molar-refractivity contribution in [3.05, 3.63) is 11.1 Å². The summed E-state index contributed by atoms with van der Waals surface area (Å²) in [7, 11) is 0. The summed E-state index contributed by atoms with van der Waals surface area (Å²) < 4.78 is 0. The van der Waals surface area contributed by atoms with Gasteiger partial charge in [-0.3, -0.25) is 9.69 Å². The Hall–Kier alpha value is -1.45. The first-order valence-electron chi connectivity index (χ1n) is 4.61. The Balaban J connectivity index is 2.18. The third-order valence-corrected chi connectivity index (χ3v) is 3.30. The van der Waals surface area contributed by atoms with Crippen molar-refractivity contribution in [2.24, 2.45) is 11.7 Å². The molecule has 0 radical (unpaired) electrons. The predicted molar refractivity (Wildman–Crippen MR) is 56.3 cm³/mol. The van der Waals surface area contributed by atoms with Crippen LogP contribution in [0.4, 0.5) is 5.13 Å². The molecular formula is C9H10N4OS. The molecule has 78 valence electrons. The van der Waals surface area contributed by atoms with Crippen molar-refractivity contribution >= 4 is 22.4 Å². The molecule has 5 nitrogen and oxygen atoms in total. The molecule has 1 saturated heterocycles. The average Bonchev–Trinajstić information content (AvgIpc) is 2.83. The van der Waals surface area contributed by atoms with Crippen LogP contribution in [0.25, 0.3) is 0 Å². The van der Waals surface area contributed by atoms with Crippen LogP contribution in [-0.4, -0.2) is 24.0 Å². The number of carbonyl (C=O) groups excluding carboxylic acids is 1. The van der Waals surface area contributed by atoms with Crippen LogP contribution >= 0.6 is 11.3 Å². The van der Waals surface area contributed by atoms with E-state index < -0.39 is 0 Å². The number of hydrogen-bond donors (Lipinski definition) is 1. The Morgan fingerprint density at radius 2 is 2.60 bits per heavy atom. The van der Waals surface area contributed by atoms with Crippen molar-refractivity contribution in [1.29, 1.82) is 5.26 Å². The van der Waals surface area contributed by atoms with Crippen molar-refractivity contribution in [1.82, 2.24) is 4.98 Å². The molecule has 0 saturated carbocycles. The minimum absolute atomic E-state index is 0.0456. The van der Waals surface area contributed by atoms with Crippen LogP contribution in [0.2, 0.25) is 0 Å². The molecule has 1 aliphatic rings. The predicted octanol–water partition coefficient (Wildman–Crippen LogP) is 0.326. The highest BCUT2D eigenvalue weighted by Gasteiger charge is 2.31. The standard InChI is InChI=1S/C9H10N4OS/c10-2-6-1-8(14)13(5-6)9-12-4-7(3-11)15-9/h4,6H,1-2,5,10H2. The van der Waals surface area contributed by atoms with Crippen LogP contribution in [0, 0.1) is 17.2 Å². The van der Waals surface area contributed by atoms with E-state index >= 15 is 0 Å². The fourth-order valence-corrected chi connectivity index (χ4v) is 2.31. The normalized spacial score (nSPS) is 20.7. The number of rotatable bonds is 2. The molecule has 2 rings (SSSR count). The van der Waals surface area contributed by atoms with Crippen LogP contribution in [0.3, 0.4) is 0 Å². The van der Waals surface area contributed by atoms with Gasteiger partial charge >= 0.3 is 0 Å². The van der Waals surface area contributed by atoms with Gasteiger partial charge in [0.25, 0.3) is 0 Å². The van der Waals surface area contributed by atoms with E-state index in [2.05, 4.69) is 4.98 Å². The second-order valence-electron chi connectivity index (χ2n) is 3.43. The molecule has 0 aliphatic carbocycles. The lowest BCUT2D eigenvalue weighted by molar-refractivity contribution is -0.117. The number of carbonyl (C=O) groups is 1. The summed E-state index contributed by atoms with van der Waals surface area (Å²) in [4.78, 5) is 17.8. The number of amides is 1. The number of nitrogens with two attached hydrogens (primary N) is 1. The molecule has 0 bridgehead atoms. The van der Waals surface area contributed by atoms with Gasteiger partial charge in [0.15, 0.2) is 5.13 Å². The minimum Gasteiger partial charge on any atom is -0.330 e. The molecule has 1 aromatic rings. The summed E-state index contributed by atoms with van der Waals surface area (Å²) in [6.45, 7) is 1.13. The maximum atomic E-state index is 11.6. The number of nitriles is 1. The first-order valence-corrected chi connectivity index (χ1v) is 5.42. The summed E-state index contributed by atoms with van der Waals surface area (Å²) in [5.41, 5.74) is 5.52. The van der Waals surface area contributed by atoms with E-state index in [1.807, 2.05) is 6.07 Å². The van der Waals surface area contributed by atoms with Gasteiger partial charge in [-0.25, -0.2) is 4.98 Å². The average molecular weight is 222 g/mol. The van der Waals surface area contributed by atoms with E-state index in [0.29, 0.717) is 29.5 Å². The van der Waals surface area contributed by atoms with Gasteiger partial charge in [0, 0.05) is 13.0 Å². The van der Waals surface area contributed by atoms with Crippen LogP contribution in [-0.2, 0) is 4.79 Å². The van der Waals surface area contributed by atoms with Crippen molar-refractivity contribution < 1.29 is 4.79 Å². The maximum Gasteiger partial charge on any atom is 0.229 e. The molecule has 6 heteroatoms. The van der Waals surface area contributed by atoms with Crippen molar-refractivity contribution in [2.45, 2.75) is 6.42 Å². The molecule has 0 spiro atoms. The number of aromatic nitrogens is 1. The molecular weight excluding hydrogens is 212 g/mol. The molecule has 1 aliphatic heterocycles. The first-order chi connectivity index (χ1) is 7.24. The second-order valence-corrected chi connectivity index (χ2v) is 4.44. The van der Waals surface area contributed by atoms with E-state index in [1.54, 1.807) is 4.90 Å². The number of thiazole rings is 1. The number of nitrogens with zero attached hydrogens (tertiary/aromatic N) is 3. The molecule has 1 fully saturated rings. The lowest BCUT2D eigenvalue weighted by Gasteiger charge is -2.11. The highest BCUT2D eigenvalue weighted by Crippen LogP contribution is 2.28. The highest BCUT2D eigenvalue weighted by atomic mass is 32.1. The van der Waals surface area contributed by atoms with Gasteiger partial charge in [-0.15, -0.1) is 0 Å². The van der Waals surface area contributed by atoms with Gasteiger partial charge in [0.2, 0.25) is 5.91 Å². The minimum atomic E-state index is 0.0456. The maximum absolute atomic E-state index is 11.6. The third kappa shape index (κ3) is 1.84. The zero-order valence-electron chi connectivity index (χ0n) is 8.01. The van der Waals surface area contributed by atoms with Crippen molar-refractivity contribution in [3.8, 4) is 6.07 Å². The van der Waals surface area contributed by atoms with Gasteiger partial charge < -0.3 is 5.73 Å². The Kier molecular flexibility index (Phi) is 2.66. The molecule has 15 heavy (non-hydrogen) atoms. The SMILES string of the molecule is N#Cc1cnc(N2CC(CN)CC2=O)s1. The largest absolute Gasteiger partial charge is 0.330 e. The summed E-state index contributed by atoms with van der Waals surface area (Å²) in [6.07, 6.45) is 1.97. The fourth-order valence-electron chi connectivity index (χ4n) is 1.57. The smallest absolute Gasteiger partial charge is 0.229 e. The van der Waals surface area contributed by atoms with E-state index in [0.717, 1.165) is 0 Å². The highest BCUT2D eigenvalue weighted by molar-refractivity contribution is 7.16. The number of anilines is 1. The topological polar surface area (TPSA) is 83.0 Å². The Labute approximate surface area is 91.1 Å². The molecule has 2 N–H and O–H groups in total. The summed E-state index contributed by atoms with van der Waals surface area (Å²) in [5, 5.41) is 9.26. The summed E-state index contributed by atoms with van der Waals surface area (Å²) in [6, 6.07) is 2.00. The third-order valence-electron chi connectivity index (χ3n) is 2.37. The van der Waals surface area contributed by atoms with Gasteiger partial charge in [0.05, 0.1) is 6.20 Å². The fraction of sp³-hybridized carbons (Fsp3) is 0.444. The van der Waals surface area contributed by atoms with Crippen LogP contribution in [0.1, 0.15) is 11.3 Å².